The van der Waals surface area contributed by atoms with Gasteiger partial charge in [0, 0.05) is 51.3 Å². The summed E-state index contributed by atoms with van der Waals surface area (Å²) in [5.41, 5.74) is 18.6. The third-order valence-corrected chi connectivity index (χ3v) is 16.9. The van der Waals surface area contributed by atoms with E-state index in [1.54, 1.807) is 0 Å². The van der Waals surface area contributed by atoms with Crippen molar-refractivity contribution >= 4 is 44.6 Å². The van der Waals surface area contributed by atoms with Crippen LogP contribution in [0.25, 0.3) is 38.8 Å². The predicted octanol–water partition coefficient (Wildman–Crippen LogP) is 20.4. The maximum Gasteiger partial charge on any atom is 0.137 e. The molecule has 8 aromatic carbocycles. The number of aromatic nitrogens is 2. The highest BCUT2D eigenvalue weighted by molar-refractivity contribution is 6.12. The molecule has 0 bridgehead atoms. The minimum Gasteiger partial charge on any atom is -0.457 e. The molecule has 0 atom stereocenters. The van der Waals surface area contributed by atoms with Gasteiger partial charge in [-0.1, -0.05) is 212 Å². The minimum atomic E-state index is -0.411. The van der Waals surface area contributed by atoms with Gasteiger partial charge in [-0.2, -0.15) is 0 Å². The van der Waals surface area contributed by atoms with Crippen molar-refractivity contribution < 1.29 is 4.74 Å². The second-order valence-corrected chi connectivity index (χ2v) is 25.8. The summed E-state index contributed by atoms with van der Waals surface area (Å²) < 4.78 is 9.92. The van der Waals surface area contributed by atoms with E-state index in [4.69, 9.17) is 9.72 Å². The van der Waals surface area contributed by atoms with Crippen molar-refractivity contribution in [3.05, 3.63) is 239 Å². The minimum absolute atomic E-state index is 0.0494. The molecular weight excluding hydrogens is 961 g/mol. The highest BCUT2D eigenvalue weighted by Crippen LogP contribution is 2.51. The number of para-hydroxylation sites is 1. The van der Waals surface area contributed by atoms with Gasteiger partial charge in [0.05, 0.1) is 22.4 Å². The maximum atomic E-state index is 7.57. The van der Waals surface area contributed by atoms with Gasteiger partial charge < -0.3 is 14.5 Å². The van der Waals surface area contributed by atoms with Crippen molar-refractivity contribution in [3.8, 4) is 28.4 Å². The van der Waals surface area contributed by atoms with Crippen LogP contribution in [0.15, 0.2) is 194 Å². The Labute approximate surface area is 470 Å². The van der Waals surface area contributed by atoms with Crippen molar-refractivity contribution in [2.45, 2.75) is 130 Å². The molecule has 0 amide bonds. The van der Waals surface area contributed by atoms with E-state index in [-0.39, 0.29) is 16.2 Å². The summed E-state index contributed by atoms with van der Waals surface area (Å²) >= 11 is 0. The first-order chi connectivity index (χ1) is 37.6. The molecule has 10 aromatic rings. The van der Waals surface area contributed by atoms with Crippen LogP contribution in [-0.2, 0) is 21.7 Å². The third-order valence-electron chi connectivity index (χ3n) is 16.9. The summed E-state index contributed by atoms with van der Waals surface area (Å²) in [5.74, 6) is 3.02. The van der Waals surface area contributed by atoms with Crippen LogP contribution in [0.4, 0.5) is 22.7 Å². The van der Waals surface area contributed by atoms with E-state index in [9.17, 15) is 0 Å². The van der Waals surface area contributed by atoms with Gasteiger partial charge >= 0.3 is 0 Å². The van der Waals surface area contributed by atoms with Gasteiger partial charge in [-0.05, 0) is 139 Å². The van der Waals surface area contributed by atoms with Crippen LogP contribution in [0.2, 0.25) is 0 Å². The van der Waals surface area contributed by atoms with Crippen molar-refractivity contribution in [1.82, 2.24) is 9.55 Å². The van der Waals surface area contributed by atoms with Crippen molar-refractivity contribution in [3.63, 3.8) is 0 Å². The SMILES string of the molecule is CC(C)c1cccc(C(C)C)c1-c1cc(Oc2cc(C(C)(C)c3ccccc3)c3c4ccccc4n(-c4cc(C(C)(C)C)ccn4)c3c2)cc(N2CN(c3cccc(C(C)(C)c4ccccc4)c3)c3cc(C(C)(C)C)ccc32)c1. The van der Waals surface area contributed by atoms with Crippen LogP contribution >= 0.6 is 0 Å². The fourth-order valence-corrected chi connectivity index (χ4v) is 12.1. The molecule has 1 aliphatic heterocycles. The summed E-state index contributed by atoms with van der Waals surface area (Å²) in [6.07, 6.45) is 1.96. The third kappa shape index (κ3) is 9.81. The summed E-state index contributed by atoms with van der Waals surface area (Å²) in [6.45, 7) is 33.0. The van der Waals surface area contributed by atoms with Crippen LogP contribution in [0.3, 0.4) is 0 Å². The molecule has 5 heteroatoms. The monoisotopic (exact) mass is 1040 g/mol. The first kappa shape index (κ1) is 53.1. The Morgan fingerprint density at radius 2 is 1.03 bits per heavy atom. The van der Waals surface area contributed by atoms with Gasteiger partial charge in [0.1, 0.15) is 24.0 Å². The molecule has 0 saturated heterocycles. The average molecular weight is 1040 g/mol. The number of hydrogen-bond acceptors (Lipinski definition) is 4. The Balaban J connectivity index is 1.14. The summed E-state index contributed by atoms with van der Waals surface area (Å²) in [6, 6.07) is 69.7. The topological polar surface area (TPSA) is 33.5 Å². The van der Waals surface area contributed by atoms with Crippen molar-refractivity contribution in [1.29, 1.82) is 0 Å². The van der Waals surface area contributed by atoms with Gasteiger partial charge in [0.15, 0.2) is 0 Å². The smallest absolute Gasteiger partial charge is 0.137 e. The Kier molecular flexibility index (Phi) is 13.5. The Morgan fingerprint density at radius 1 is 0.443 bits per heavy atom. The molecule has 79 heavy (non-hydrogen) atoms. The van der Waals surface area contributed by atoms with Gasteiger partial charge in [-0.15, -0.1) is 0 Å². The molecule has 5 nitrogen and oxygen atoms in total. The second-order valence-electron chi connectivity index (χ2n) is 25.8. The number of nitrogens with zero attached hydrogens (tertiary/aromatic N) is 4. The van der Waals surface area contributed by atoms with E-state index in [1.165, 1.54) is 66.5 Å². The number of hydrogen-bond donors (Lipinski definition) is 0. The fraction of sp³-hybridized carbons (Fsp3) is 0.284. The molecule has 0 spiro atoms. The Bertz CT molecular complexity index is 3860. The van der Waals surface area contributed by atoms with Gasteiger partial charge in [0.2, 0.25) is 0 Å². The fourth-order valence-electron chi connectivity index (χ4n) is 12.1. The Hall–Kier alpha value is -7.89. The normalized spacial score (nSPS) is 13.3. The highest BCUT2D eigenvalue weighted by Gasteiger charge is 2.34. The van der Waals surface area contributed by atoms with Crippen LogP contribution in [0, 0.1) is 0 Å². The molecule has 0 unspecified atom stereocenters. The van der Waals surface area contributed by atoms with E-state index in [2.05, 4.69) is 299 Å². The summed E-state index contributed by atoms with van der Waals surface area (Å²) in [7, 11) is 0. The molecule has 2 aromatic heterocycles. The lowest BCUT2D eigenvalue weighted by Gasteiger charge is -2.29. The van der Waals surface area contributed by atoms with Gasteiger partial charge in [-0.3, -0.25) is 4.57 Å². The van der Waals surface area contributed by atoms with E-state index in [0.717, 1.165) is 51.0 Å². The zero-order valence-electron chi connectivity index (χ0n) is 49.0. The molecule has 3 heterocycles. The van der Waals surface area contributed by atoms with Gasteiger partial charge in [0.25, 0.3) is 0 Å². The number of ether oxygens (including phenoxy) is 1. The van der Waals surface area contributed by atoms with Gasteiger partial charge in [-0.25, -0.2) is 4.98 Å². The predicted molar refractivity (Wildman–Crippen MR) is 335 cm³/mol. The van der Waals surface area contributed by atoms with E-state index < -0.39 is 5.41 Å². The van der Waals surface area contributed by atoms with E-state index >= 15 is 0 Å². The molecule has 0 saturated carbocycles. The zero-order valence-corrected chi connectivity index (χ0v) is 49.0. The lowest BCUT2D eigenvalue weighted by Crippen LogP contribution is -2.25. The van der Waals surface area contributed by atoms with Crippen LogP contribution in [-0.4, -0.2) is 16.2 Å². The lowest BCUT2D eigenvalue weighted by atomic mass is 9.76. The van der Waals surface area contributed by atoms with Crippen LogP contribution < -0.4 is 14.5 Å². The molecule has 0 aliphatic carbocycles. The number of fused-ring (bicyclic) bond motifs is 4. The maximum absolute atomic E-state index is 7.57. The zero-order chi connectivity index (χ0) is 55.8. The van der Waals surface area contributed by atoms with Crippen molar-refractivity contribution in [2.75, 3.05) is 16.5 Å². The first-order valence-electron chi connectivity index (χ1n) is 28.5. The Morgan fingerprint density at radius 3 is 1.68 bits per heavy atom. The molecule has 0 radical (unpaired) electrons. The quantitative estimate of drug-likeness (QED) is 0.122. The lowest BCUT2D eigenvalue weighted by molar-refractivity contribution is 0.481. The van der Waals surface area contributed by atoms with Crippen LogP contribution in [0.5, 0.6) is 11.5 Å². The molecule has 1 aliphatic rings. The molecule has 11 rings (SSSR count). The standard InChI is InChI=1S/C74H78N4O/c1-48(2)60-32-24-33-61(49(3)4)69(60)50-39-57(77-47-76(66-42-53(71(5,6)7)35-36-65(66)77)56-30-23-29-55(41-56)73(11,12)51-25-17-15-18-26-51)44-58(40-50)79-59-45-63(74(13,14)52-27-19-16-20-28-52)70-62-31-21-22-34-64(62)78(67(70)46-59)68-43-54(37-38-75-68)72(8,9)10/h15-46,48-49H,47H2,1-14H3. The largest absolute Gasteiger partial charge is 0.457 e. The molecular formula is C74H78N4O. The van der Waals surface area contributed by atoms with E-state index in [0.29, 0.717) is 18.5 Å². The van der Waals surface area contributed by atoms with Crippen molar-refractivity contribution in [2.24, 2.45) is 0 Å². The highest BCUT2D eigenvalue weighted by atomic mass is 16.5. The number of benzene rings is 8. The van der Waals surface area contributed by atoms with E-state index in [1.807, 2.05) is 6.20 Å². The average Bonchev–Trinajstić information content (AvgIpc) is 4.04. The second kappa shape index (κ2) is 20.1. The molecule has 0 fully saturated rings. The summed E-state index contributed by atoms with van der Waals surface area (Å²) in [4.78, 5) is 10.1. The first-order valence-corrected chi connectivity index (χ1v) is 28.5. The number of rotatable bonds is 12. The number of pyridine rings is 1. The number of anilines is 4. The molecule has 400 valence electrons. The van der Waals surface area contributed by atoms with Crippen LogP contribution in [0.1, 0.15) is 153 Å². The summed E-state index contributed by atoms with van der Waals surface area (Å²) in [5, 5.41) is 2.38. The molecule has 0 N–H and O–H groups in total.